The minimum absolute atomic E-state index is 0.0176. The number of halogens is 1. The summed E-state index contributed by atoms with van der Waals surface area (Å²) in [7, 11) is 3.52. The van der Waals surface area contributed by atoms with Crippen molar-refractivity contribution in [2.75, 3.05) is 32.7 Å². The molecule has 0 aliphatic rings. The van der Waals surface area contributed by atoms with Crippen LogP contribution in [0.5, 0.6) is 0 Å². The van der Waals surface area contributed by atoms with Crippen LogP contribution in [0.4, 0.5) is 0 Å². The highest BCUT2D eigenvalue weighted by molar-refractivity contribution is 8.13. The molecule has 0 aromatic heterocycles. The van der Waals surface area contributed by atoms with E-state index >= 15 is 0 Å². The average molecular weight is 301 g/mol. The Balaban J connectivity index is 4.62. The minimum Gasteiger partial charge on any atom is -0.382 e. The summed E-state index contributed by atoms with van der Waals surface area (Å²) in [5.41, 5.74) is -0.363. The van der Waals surface area contributed by atoms with Crippen molar-refractivity contribution in [1.29, 1.82) is 0 Å². The van der Waals surface area contributed by atoms with Gasteiger partial charge in [-0.3, -0.25) is 0 Å². The van der Waals surface area contributed by atoms with Crippen molar-refractivity contribution in [3.8, 4) is 0 Å². The first kappa shape index (κ1) is 18.2. The number of rotatable bonds is 11. The van der Waals surface area contributed by atoms with Gasteiger partial charge in [-0.2, -0.15) is 0 Å². The molecule has 0 radical (unpaired) electrons. The topological polar surface area (TPSA) is 52.6 Å². The Morgan fingerprint density at radius 3 is 2.06 bits per heavy atom. The van der Waals surface area contributed by atoms with E-state index in [0.717, 1.165) is 25.7 Å². The van der Waals surface area contributed by atoms with E-state index in [1.54, 1.807) is 7.11 Å². The molecule has 18 heavy (non-hydrogen) atoms. The van der Waals surface area contributed by atoms with Crippen molar-refractivity contribution >= 4 is 19.7 Å². The van der Waals surface area contributed by atoms with E-state index in [9.17, 15) is 8.42 Å². The van der Waals surface area contributed by atoms with E-state index < -0.39 is 9.05 Å². The Morgan fingerprint density at radius 2 is 1.67 bits per heavy atom. The normalized spacial score (nSPS) is 12.9. The second kappa shape index (κ2) is 9.13. The maximum absolute atomic E-state index is 11.4. The summed E-state index contributed by atoms with van der Waals surface area (Å²) < 4.78 is 33.2. The molecule has 0 saturated heterocycles. The van der Waals surface area contributed by atoms with Crippen molar-refractivity contribution in [3.63, 3.8) is 0 Å². The molecule has 0 amide bonds. The molecule has 0 fully saturated rings. The second-order valence-electron chi connectivity index (χ2n) is 4.73. The fourth-order valence-electron chi connectivity index (χ4n) is 2.31. The van der Waals surface area contributed by atoms with Crippen LogP contribution in [-0.4, -0.2) is 41.1 Å². The quantitative estimate of drug-likeness (QED) is 0.435. The molecule has 0 atom stereocenters. The molecule has 0 aliphatic heterocycles. The molecule has 0 aromatic rings. The van der Waals surface area contributed by atoms with Crippen LogP contribution in [0.2, 0.25) is 0 Å². The highest BCUT2D eigenvalue weighted by Crippen LogP contribution is 2.33. The Morgan fingerprint density at radius 1 is 1.11 bits per heavy atom. The number of hydrogen-bond donors (Lipinski definition) is 0. The molecular weight excluding hydrogens is 276 g/mol. The molecule has 0 unspecified atom stereocenters. The highest BCUT2D eigenvalue weighted by Gasteiger charge is 2.33. The van der Waals surface area contributed by atoms with Crippen LogP contribution in [0.1, 0.15) is 39.5 Å². The molecule has 0 bridgehead atoms. The van der Waals surface area contributed by atoms with Crippen molar-refractivity contribution in [2.45, 2.75) is 39.5 Å². The Bertz CT molecular complexity index is 297. The fraction of sp³-hybridized carbons (Fsp3) is 1.00. The van der Waals surface area contributed by atoms with Gasteiger partial charge >= 0.3 is 0 Å². The standard InChI is InChI=1S/C12H25ClO4S/c1-4-6-12(7-5-2,11-18(13,14)15)10-17-9-8-16-3/h4-11H2,1-3H3. The molecule has 0 aliphatic carbocycles. The average Bonchev–Trinajstić information content (AvgIpc) is 2.23. The summed E-state index contributed by atoms with van der Waals surface area (Å²) in [6.07, 6.45) is 3.44. The van der Waals surface area contributed by atoms with Crippen molar-refractivity contribution in [2.24, 2.45) is 5.41 Å². The lowest BCUT2D eigenvalue weighted by molar-refractivity contribution is 0.0158. The summed E-state index contributed by atoms with van der Waals surface area (Å²) in [6, 6.07) is 0. The predicted octanol–water partition coefficient (Wildman–Crippen LogP) is 2.80. The van der Waals surface area contributed by atoms with Crippen LogP contribution in [0.15, 0.2) is 0 Å². The molecule has 110 valence electrons. The molecule has 0 spiro atoms. The largest absolute Gasteiger partial charge is 0.382 e. The zero-order valence-corrected chi connectivity index (χ0v) is 13.1. The molecule has 4 nitrogen and oxygen atoms in total. The first-order valence-electron chi connectivity index (χ1n) is 6.38. The zero-order valence-electron chi connectivity index (χ0n) is 11.6. The van der Waals surface area contributed by atoms with E-state index in [2.05, 4.69) is 0 Å². The van der Waals surface area contributed by atoms with Gasteiger partial charge in [0, 0.05) is 23.2 Å². The third-order valence-electron chi connectivity index (χ3n) is 2.88. The van der Waals surface area contributed by atoms with Crippen LogP contribution in [-0.2, 0) is 18.5 Å². The van der Waals surface area contributed by atoms with Gasteiger partial charge in [0.25, 0.3) is 0 Å². The lowest BCUT2D eigenvalue weighted by Crippen LogP contribution is -2.34. The zero-order chi connectivity index (χ0) is 14.1. The van der Waals surface area contributed by atoms with Gasteiger partial charge in [-0.1, -0.05) is 26.7 Å². The first-order chi connectivity index (χ1) is 8.39. The molecular formula is C12H25ClO4S. The van der Waals surface area contributed by atoms with Crippen LogP contribution in [0.25, 0.3) is 0 Å². The molecule has 6 heteroatoms. The highest BCUT2D eigenvalue weighted by atomic mass is 35.7. The third-order valence-corrected chi connectivity index (χ3v) is 4.16. The number of ether oxygens (including phenoxy) is 2. The van der Waals surface area contributed by atoms with Gasteiger partial charge in [0.05, 0.1) is 25.6 Å². The van der Waals surface area contributed by atoms with Crippen LogP contribution in [0.3, 0.4) is 0 Å². The van der Waals surface area contributed by atoms with Crippen molar-refractivity contribution in [3.05, 3.63) is 0 Å². The van der Waals surface area contributed by atoms with E-state index in [0.29, 0.717) is 19.8 Å². The Hall–Kier alpha value is 0.160. The third kappa shape index (κ3) is 8.29. The lowest BCUT2D eigenvalue weighted by Gasteiger charge is -2.32. The van der Waals surface area contributed by atoms with E-state index in [-0.39, 0.29) is 11.2 Å². The molecule has 0 heterocycles. The van der Waals surface area contributed by atoms with E-state index in [1.807, 2.05) is 13.8 Å². The van der Waals surface area contributed by atoms with Crippen LogP contribution in [0, 0.1) is 5.41 Å². The van der Waals surface area contributed by atoms with Gasteiger partial charge in [-0.15, -0.1) is 0 Å². The van der Waals surface area contributed by atoms with Gasteiger partial charge in [-0.05, 0) is 12.8 Å². The maximum atomic E-state index is 11.4. The smallest absolute Gasteiger partial charge is 0.233 e. The van der Waals surface area contributed by atoms with Crippen LogP contribution >= 0.6 is 10.7 Å². The Labute approximate surface area is 115 Å². The van der Waals surface area contributed by atoms with E-state index in [1.165, 1.54) is 0 Å². The summed E-state index contributed by atoms with van der Waals surface area (Å²) in [4.78, 5) is 0. The molecule has 0 N–H and O–H groups in total. The van der Waals surface area contributed by atoms with Gasteiger partial charge in [0.2, 0.25) is 9.05 Å². The first-order valence-corrected chi connectivity index (χ1v) is 8.86. The van der Waals surface area contributed by atoms with Gasteiger partial charge in [0.1, 0.15) is 0 Å². The lowest BCUT2D eigenvalue weighted by atomic mass is 9.82. The summed E-state index contributed by atoms with van der Waals surface area (Å²) in [5, 5.41) is 0. The number of methoxy groups -OCH3 is 1. The molecule has 0 rings (SSSR count). The number of hydrogen-bond acceptors (Lipinski definition) is 4. The monoisotopic (exact) mass is 300 g/mol. The van der Waals surface area contributed by atoms with Crippen molar-refractivity contribution < 1.29 is 17.9 Å². The van der Waals surface area contributed by atoms with Gasteiger partial charge in [-0.25, -0.2) is 8.42 Å². The van der Waals surface area contributed by atoms with Crippen LogP contribution < -0.4 is 0 Å². The Kier molecular flexibility index (Phi) is 9.21. The molecule has 0 aromatic carbocycles. The minimum atomic E-state index is -3.51. The maximum Gasteiger partial charge on any atom is 0.233 e. The summed E-state index contributed by atoms with van der Waals surface area (Å²) in [5.74, 6) is -0.0176. The second-order valence-corrected chi connectivity index (χ2v) is 7.51. The summed E-state index contributed by atoms with van der Waals surface area (Å²) >= 11 is 0. The van der Waals surface area contributed by atoms with Gasteiger partial charge < -0.3 is 9.47 Å². The van der Waals surface area contributed by atoms with E-state index in [4.69, 9.17) is 20.2 Å². The molecule has 0 saturated carbocycles. The van der Waals surface area contributed by atoms with Gasteiger partial charge in [0.15, 0.2) is 0 Å². The fourth-order valence-corrected chi connectivity index (χ4v) is 4.11. The summed E-state index contributed by atoms with van der Waals surface area (Å²) in [6.45, 7) is 5.50. The SMILES string of the molecule is CCCC(CCC)(COCCOC)CS(=O)(=O)Cl. The predicted molar refractivity (Wildman–Crippen MR) is 74.6 cm³/mol. The van der Waals surface area contributed by atoms with Crippen molar-refractivity contribution in [1.82, 2.24) is 0 Å².